The third kappa shape index (κ3) is 2.85. The van der Waals surface area contributed by atoms with Crippen molar-refractivity contribution in [2.45, 2.75) is 12.8 Å². The number of carboxylic acid groups (broad SMARTS) is 1. The van der Waals surface area contributed by atoms with Crippen LogP contribution in [-0.2, 0) is 20.8 Å². The molecule has 2 rings (SSSR count). The highest BCUT2D eigenvalue weighted by atomic mass is 35.5. The first-order valence-electron chi connectivity index (χ1n) is 5.48. The fourth-order valence-electron chi connectivity index (χ4n) is 1.93. The Hall–Kier alpha value is -2.08. The van der Waals surface area contributed by atoms with Gasteiger partial charge in [-0.05, 0) is 18.1 Å². The average molecular weight is 283 g/mol. The lowest BCUT2D eigenvalue weighted by Gasteiger charge is -2.18. The molecular weight excluding hydrogens is 274 g/mol. The fraction of sp³-hybridized carbons (Fsp3) is 0.250. The van der Waals surface area contributed by atoms with Crippen LogP contribution in [0.1, 0.15) is 12.0 Å². The van der Waals surface area contributed by atoms with Crippen LogP contribution in [-0.4, -0.2) is 23.0 Å². The van der Waals surface area contributed by atoms with Crippen molar-refractivity contribution >= 4 is 29.6 Å². The third-order valence-corrected chi connectivity index (χ3v) is 3.16. The fourth-order valence-corrected chi connectivity index (χ4v) is 2.14. The number of imide groups is 1. The molecular formula is C12H9ClNO5-. The lowest BCUT2D eigenvalue weighted by Crippen LogP contribution is -2.38. The molecule has 2 amide bonds. The highest BCUT2D eigenvalue weighted by Crippen LogP contribution is 2.26. The quantitative estimate of drug-likeness (QED) is 0.755. The second-order valence-electron chi connectivity index (χ2n) is 4.06. The van der Waals surface area contributed by atoms with Gasteiger partial charge in [0, 0.05) is 11.4 Å². The highest BCUT2D eigenvalue weighted by molar-refractivity contribution is 6.31. The lowest BCUT2D eigenvalue weighted by molar-refractivity contribution is -0.306. The van der Waals surface area contributed by atoms with Gasteiger partial charge in [-0.1, -0.05) is 29.8 Å². The standard InChI is InChI=1S/C12H10ClNO5/c13-9-4-2-1-3-7(9)5-8-6-10(15)14(11(8)16)19-12(17)18/h1-4,8H,5-6H2,(H,17,18)/p-1. The predicted molar refractivity (Wildman–Crippen MR) is 61.6 cm³/mol. The summed E-state index contributed by atoms with van der Waals surface area (Å²) in [5, 5.41) is 11.0. The van der Waals surface area contributed by atoms with Crippen LogP contribution in [0.15, 0.2) is 24.3 Å². The maximum atomic E-state index is 11.8. The number of halogens is 1. The van der Waals surface area contributed by atoms with E-state index in [0.717, 1.165) is 0 Å². The van der Waals surface area contributed by atoms with Crippen molar-refractivity contribution < 1.29 is 24.3 Å². The zero-order chi connectivity index (χ0) is 14.0. The zero-order valence-corrected chi connectivity index (χ0v) is 10.4. The second-order valence-corrected chi connectivity index (χ2v) is 4.47. The van der Waals surface area contributed by atoms with E-state index in [0.29, 0.717) is 10.6 Å². The Morgan fingerprint density at radius 1 is 1.42 bits per heavy atom. The number of carbonyl (C=O) groups excluding carboxylic acids is 3. The Balaban J connectivity index is 2.11. The van der Waals surface area contributed by atoms with Crippen LogP contribution in [0, 0.1) is 5.92 Å². The number of hydroxylamine groups is 2. The van der Waals surface area contributed by atoms with E-state index in [1.54, 1.807) is 24.3 Å². The van der Waals surface area contributed by atoms with E-state index in [2.05, 4.69) is 4.84 Å². The van der Waals surface area contributed by atoms with Gasteiger partial charge in [-0.2, -0.15) is 5.06 Å². The molecule has 1 aromatic carbocycles. The summed E-state index contributed by atoms with van der Waals surface area (Å²) in [6, 6.07) is 6.92. The van der Waals surface area contributed by atoms with Crippen LogP contribution in [0.2, 0.25) is 5.02 Å². The van der Waals surface area contributed by atoms with E-state index in [1.807, 2.05) is 0 Å². The molecule has 1 aromatic rings. The Morgan fingerprint density at radius 3 is 2.74 bits per heavy atom. The van der Waals surface area contributed by atoms with Crippen molar-refractivity contribution in [3.05, 3.63) is 34.9 Å². The summed E-state index contributed by atoms with van der Waals surface area (Å²) in [5.74, 6) is -2.08. The largest absolute Gasteiger partial charge is 0.430 e. The first kappa shape index (κ1) is 13.4. The number of carbonyl (C=O) groups is 3. The van der Waals surface area contributed by atoms with Crippen molar-refractivity contribution in [1.29, 1.82) is 0 Å². The molecule has 0 N–H and O–H groups in total. The number of rotatable bonds is 3. The summed E-state index contributed by atoms with van der Waals surface area (Å²) < 4.78 is 0. The minimum atomic E-state index is -1.94. The van der Waals surface area contributed by atoms with Crippen LogP contribution in [0.3, 0.4) is 0 Å². The first-order valence-corrected chi connectivity index (χ1v) is 5.86. The first-order chi connectivity index (χ1) is 8.99. The normalized spacial score (nSPS) is 18.8. The molecule has 1 atom stereocenters. The number of amides is 2. The van der Waals surface area contributed by atoms with Crippen LogP contribution >= 0.6 is 11.6 Å². The molecule has 0 aromatic heterocycles. The molecule has 1 heterocycles. The SMILES string of the molecule is O=C([O-])ON1C(=O)CC(Cc2ccccc2Cl)C1=O. The molecule has 1 aliphatic rings. The Morgan fingerprint density at radius 2 is 2.11 bits per heavy atom. The minimum absolute atomic E-state index is 0.114. The van der Waals surface area contributed by atoms with E-state index in [1.165, 1.54) is 0 Å². The van der Waals surface area contributed by atoms with E-state index >= 15 is 0 Å². The van der Waals surface area contributed by atoms with Gasteiger partial charge >= 0.3 is 0 Å². The molecule has 1 saturated heterocycles. The number of nitrogens with zero attached hydrogens (tertiary/aromatic N) is 1. The van der Waals surface area contributed by atoms with Crippen LogP contribution < -0.4 is 5.11 Å². The van der Waals surface area contributed by atoms with Gasteiger partial charge in [0.2, 0.25) is 5.91 Å². The van der Waals surface area contributed by atoms with Gasteiger partial charge in [-0.25, -0.2) is 0 Å². The molecule has 1 fully saturated rings. The molecule has 7 heteroatoms. The van der Waals surface area contributed by atoms with Crippen molar-refractivity contribution in [3.63, 3.8) is 0 Å². The van der Waals surface area contributed by atoms with Gasteiger partial charge in [0.05, 0.1) is 5.92 Å². The van der Waals surface area contributed by atoms with Gasteiger partial charge in [0.15, 0.2) is 0 Å². The van der Waals surface area contributed by atoms with E-state index in [-0.39, 0.29) is 17.9 Å². The van der Waals surface area contributed by atoms with Crippen molar-refractivity contribution in [2.75, 3.05) is 0 Å². The topological polar surface area (TPSA) is 86.7 Å². The van der Waals surface area contributed by atoms with Gasteiger partial charge < -0.3 is 14.7 Å². The third-order valence-electron chi connectivity index (χ3n) is 2.79. The number of hydrogen-bond acceptors (Lipinski definition) is 5. The molecule has 1 aliphatic heterocycles. The molecule has 0 aliphatic carbocycles. The molecule has 100 valence electrons. The molecule has 0 spiro atoms. The maximum absolute atomic E-state index is 11.8. The van der Waals surface area contributed by atoms with Gasteiger partial charge in [0.25, 0.3) is 12.1 Å². The summed E-state index contributed by atoms with van der Waals surface area (Å²) >= 11 is 5.96. The lowest BCUT2D eigenvalue weighted by atomic mass is 9.98. The zero-order valence-electron chi connectivity index (χ0n) is 9.67. The van der Waals surface area contributed by atoms with E-state index < -0.39 is 23.9 Å². The Bertz CT molecular complexity index is 545. The second kappa shape index (κ2) is 5.27. The summed E-state index contributed by atoms with van der Waals surface area (Å²) in [4.78, 5) is 37.6. The molecule has 19 heavy (non-hydrogen) atoms. The molecule has 0 bridgehead atoms. The maximum Gasteiger partial charge on any atom is 0.273 e. The molecule has 6 nitrogen and oxygen atoms in total. The average Bonchev–Trinajstić information content (AvgIpc) is 2.60. The Kier molecular flexibility index (Phi) is 3.71. The smallest absolute Gasteiger partial charge is 0.273 e. The molecule has 1 unspecified atom stereocenters. The summed E-state index contributed by atoms with van der Waals surface area (Å²) in [6.45, 7) is 0. The van der Waals surface area contributed by atoms with Crippen molar-refractivity contribution in [3.8, 4) is 0 Å². The van der Waals surface area contributed by atoms with Gasteiger partial charge in [0.1, 0.15) is 0 Å². The van der Waals surface area contributed by atoms with Crippen LogP contribution in [0.5, 0.6) is 0 Å². The summed E-state index contributed by atoms with van der Waals surface area (Å²) in [6.07, 6.45) is -1.81. The monoisotopic (exact) mass is 282 g/mol. The summed E-state index contributed by atoms with van der Waals surface area (Å²) in [7, 11) is 0. The van der Waals surface area contributed by atoms with Gasteiger partial charge in [-0.3, -0.25) is 9.59 Å². The number of benzene rings is 1. The van der Waals surface area contributed by atoms with Crippen LogP contribution in [0.25, 0.3) is 0 Å². The van der Waals surface area contributed by atoms with Crippen LogP contribution in [0.4, 0.5) is 4.79 Å². The summed E-state index contributed by atoms with van der Waals surface area (Å²) in [5.41, 5.74) is 0.714. The number of hydrogen-bond donors (Lipinski definition) is 0. The van der Waals surface area contributed by atoms with E-state index in [9.17, 15) is 19.5 Å². The van der Waals surface area contributed by atoms with Crippen molar-refractivity contribution in [1.82, 2.24) is 5.06 Å². The van der Waals surface area contributed by atoms with Crippen molar-refractivity contribution in [2.24, 2.45) is 5.92 Å². The Labute approximate surface area is 113 Å². The predicted octanol–water partition coefficient (Wildman–Crippen LogP) is 0.532. The highest BCUT2D eigenvalue weighted by Gasteiger charge is 2.39. The minimum Gasteiger partial charge on any atom is -0.430 e. The van der Waals surface area contributed by atoms with E-state index in [4.69, 9.17) is 11.6 Å². The molecule has 0 radical (unpaired) electrons. The van der Waals surface area contributed by atoms with Gasteiger partial charge in [-0.15, -0.1) is 0 Å². The molecule has 0 saturated carbocycles.